The third-order valence-corrected chi connectivity index (χ3v) is 6.35. The van der Waals surface area contributed by atoms with Crippen LogP contribution in [-0.4, -0.2) is 17.5 Å². The summed E-state index contributed by atoms with van der Waals surface area (Å²) in [5.74, 6) is 4.71. The molecular formula is C22H43NaO4S. The summed E-state index contributed by atoms with van der Waals surface area (Å²) >= 11 is 0. The Labute approximate surface area is 196 Å². The van der Waals surface area contributed by atoms with E-state index in [0.717, 1.165) is 6.42 Å². The predicted octanol–water partition coefficient (Wildman–Crippen LogP) is 3.93. The molecule has 0 atom stereocenters. The Morgan fingerprint density at radius 1 is 0.679 bits per heavy atom. The zero-order valence-electron chi connectivity index (χ0n) is 18.4. The molecule has 0 aromatic rings. The van der Waals surface area contributed by atoms with Crippen LogP contribution in [0.1, 0.15) is 110 Å². The molecule has 2 N–H and O–H groups in total. The maximum Gasteiger partial charge on any atom is 1.00 e. The van der Waals surface area contributed by atoms with E-state index in [4.69, 9.17) is 17.5 Å². The van der Waals surface area contributed by atoms with Crippen molar-refractivity contribution in [2.75, 3.05) is 0 Å². The molecule has 4 bridgehead atoms. The molecule has 0 heterocycles. The summed E-state index contributed by atoms with van der Waals surface area (Å²) in [7, 11) is -4.67. The van der Waals surface area contributed by atoms with Crippen molar-refractivity contribution in [2.45, 2.75) is 110 Å². The van der Waals surface area contributed by atoms with Gasteiger partial charge in [-0.1, -0.05) is 64.7 Å². The molecule has 6 heteroatoms. The molecule has 0 saturated heterocycles. The van der Waals surface area contributed by atoms with Crippen LogP contribution in [0.25, 0.3) is 0 Å². The van der Waals surface area contributed by atoms with Crippen molar-refractivity contribution >= 4 is 10.4 Å². The van der Waals surface area contributed by atoms with Gasteiger partial charge in [-0.05, 0) is 62.2 Å². The summed E-state index contributed by atoms with van der Waals surface area (Å²) in [6.07, 6.45) is 23.5. The summed E-state index contributed by atoms with van der Waals surface area (Å²) in [6.45, 7) is 6.12. The van der Waals surface area contributed by atoms with Crippen LogP contribution in [0.2, 0.25) is 0 Å². The number of hydrogen-bond acceptors (Lipinski definition) is 2. The van der Waals surface area contributed by atoms with Crippen molar-refractivity contribution in [1.29, 1.82) is 0 Å². The van der Waals surface area contributed by atoms with Gasteiger partial charge in [0.25, 0.3) is 0 Å². The van der Waals surface area contributed by atoms with Gasteiger partial charge in [0.05, 0.1) is 0 Å². The third-order valence-electron chi connectivity index (χ3n) is 6.35. The Balaban J connectivity index is 0.000000413. The average molecular weight is 427 g/mol. The van der Waals surface area contributed by atoms with Crippen LogP contribution in [0.3, 0.4) is 0 Å². The third kappa shape index (κ3) is 15.7. The maximum absolute atomic E-state index is 8.74. The van der Waals surface area contributed by atoms with Crippen molar-refractivity contribution in [3.63, 3.8) is 0 Å². The molecule has 162 valence electrons. The normalized spacial score (nSPS) is 27.1. The Bertz CT molecular complexity index is 393. The minimum Gasteiger partial charge on any atom is -0.343 e. The average Bonchev–Trinajstić information content (AvgIpc) is 2.55. The van der Waals surface area contributed by atoms with Gasteiger partial charge in [0.2, 0.25) is 0 Å². The van der Waals surface area contributed by atoms with E-state index in [9.17, 15) is 0 Å². The Morgan fingerprint density at radius 2 is 0.929 bits per heavy atom. The minimum atomic E-state index is -4.67. The first-order chi connectivity index (χ1) is 12.8. The van der Waals surface area contributed by atoms with Crippen LogP contribution in [0, 0.1) is 30.6 Å². The molecule has 28 heavy (non-hydrogen) atoms. The first-order valence-corrected chi connectivity index (χ1v) is 12.7. The van der Waals surface area contributed by atoms with Crippen LogP contribution >= 0.6 is 0 Å². The van der Waals surface area contributed by atoms with Crippen molar-refractivity contribution in [3.05, 3.63) is 6.92 Å². The summed E-state index contributed by atoms with van der Waals surface area (Å²) in [4.78, 5) is 0. The Hall–Kier alpha value is 0.870. The van der Waals surface area contributed by atoms with E-state index >= 15 is 0 Å². The number of hydrogen-bond donors (Lipinski definition) is 2. The fourth-order valence-corrected chi connectivity index (χ4v) is 5.47. The van der Waals surface area contributed by atoms with Crippen LogP contribution in [-0.2, 0) is 10.4 Å². The second-order valence-corrected chi connectivity index (χ2v) is 9.90. The zero-order chi connectivity index (χ0) is 20.1. The molecule has 0 amide bonds. The van der Waals surface area contributed by atoms with Gasteiger partial charge in [-0.15, -0.1) is 0 Å². The fraction of sp³-hybridized carbons (Fsp3) is 0.955. The molecule has 4 aliphatic carbocycles. The summed E-state index contributed by atoms with van der Waals surface area (Å²) in [6, 6.07) is 0. The fourth-order valence-electron chi connectivity index (χ4n) is 5.47. The first kappa shape index (κ1) is 28.9. The second kappa shape index (κ2) is 16.5. The Kier molecular flexibility index (Phi) is 17.1. The van der Waals surface area contributed by atoms with Crippen molar-refractivity contribution in [2.24, 2.45) is 23.7 Å². The van der Waals surface area contributed by atoms with E-state index in [2.05, 4.69) is 13.8 Å². The van der Waals surface area contributed by atoms with Gasteiger partial charge in [-0.25, -0.2) is 0 Å². The summed E-state index contributed by atoms with van der Waals surface area (Å²) in [5, 5.41) is 0. The summed E-state index contributed by atoms with van der Waals surface area (Å²) in [5.41, 5.74) is 0. The van der Waals surface area contributed by atoms with Crippen molar-refractivity contribution in [3.8, 4) is 0 Å². The van der Waals surface area contributed by atoms with Gasteiger partial charge in [0.15, 0.2) is 0 Å². The molecular weight excluding hydrogens is 383 g/mol. The maximum atomic E-state index is 8.74. The monoisotopic (exact) mass is 426 g/mol. The van der Waals surface area contributed by atoms with Gasteiger partial charge in [0.1, 0.15) is 0 Å². The van der Waals surface area contributed by atoms with Gasteiger partial charge < -0.3 is 6.92 Å². The largest absolute Gasteiger partial charge is 1.00 e. The molecule has 4 fully saturated rings. The van der Waals surface area contributed by atoms with E-state index < -0.39 is 10.4 Å². The topological polar surface area (TPSA) is 74.6 Å². The van der Waals surface area contributed by atoms with Gasteiger partial charge >= 0.3 is 40.0 Å². The molecule has 0 aliphatic heterocycles. The second-order valence-electron chi connectivity index (χ2n) is 9.01. The van der Waals surface area contributed by atoms with Crippen LogP contribution < -0.4 is 29.6 Å². The van der Waals surface area contributed by atoms with E-state index in [1.807, 2.05) is 0 Å². The molecule has 4 aliphatic rings. The zero-order valence-corrected chi connectivity index (χ0v) is 21.3. The molecule has 0 aromatic carbocycles. The molecule has 4 nitrogen and oxygen atoms in total. The predicted molar refractivity (Wildman–Crippen MR) is 113 cm³/mol. The first-order valence-electron chi connectivity index (χ1n) is 11.3. The molecule has 0 aromatic heterocycles. The van der Waals surface area contributed by atoms with Crippen LogP contribution in [0.15, 0.2) is 0 Å². The number of unbranched alkanes of at least 4 members (excludes halogenated alkanes) is 9. The van der Waals surface area contributed by atoms with Crippen molar-refractivity contribution in [1.82, 2.24) is 0 Å². The number of rotatable bonds is 9. The molecule has 0 unspecified atom stereocenters. The molecule has 0 radical (unpaired) electrons. The Morgan fingerprint density at radius 3 is 1.18 bits per heavy atom. The molecule has 4 saturated carbocycles. The van der Waals surface area contributed by atoms with Gasteiger partial charge in [0, 0.05) is 0 Å². The summed E-state index contributed by atoms with van der Waals surface area (Å²) < 4.78 is 31.6. The standard InChI is InChI=1S/C12H25.C10H16.Na.H2O4S/c1-3-5-7-9-11-12-10-8-6-4-2;1-7-2-9-4-8(1)5-10(3-7)6-9;;1-5(2,3)4/h1,3-12H2,2H3;7-10H,1-6H2;;(H2,1,2,3,4)/q-1;;+1;. The van der Waals surface area contributed by atoms with Crippen LogP contribution in [0.4, 0.5) is 0 Å². The van der Waals surface area contributed by atoms with Crippen molar-refractivity contribution < 1.29 is 47.1 Å². The van der Waals surface area contributed by atoms with E-state index in [1.165, 1.54) is 81.5 Å². The van der Waals surface area contributed by atoms with E-state index in [1.54, 1.807) is 38.5 Å². The SMILES string of the molecule is C1C2CC3CC1CC(C2)C3.O=S(=O)(O)O.[CH2-]CCCCCCCCCCC.[Na+]. The minimum absolute atomic E-state index is 0. The quantitative estimate of drug-likeness (QED) is 0.254. The van der Waals surface area contributed by atoms with E-state index in [0.29, 0.717) is 0 Å². The molecule has 4 rings (SSSR count). The van der Waals surface area contributed by atoms with Gasteiger partial charge in [-0.3, -0.25) is 9.11 Å². The van der Waals surface area contributed by atoms with Crippen LogP contribution in [0.5, 0.6) is 0 Å². The smallest absolute Gasteiger partial charge is 0.343 e. The molecule has 0 spiro atoms. The van der Waals surface area contributed by atoms with E-state index in [-0.39, 0.29) is 29.6 Å². The van der Waals surface area contributed by atoms with Gasteiger partial charge in [-0.2, -0.15) is 14.8 Å².